The molecule has 1 aliphatic rings. The number of anilines is 2. The summed E-state index contributed by atoms with van der Waals surface area (Å²) in [4.78, 5) is 0. The van der Waals surface area contributed by atoms with Gasteiger partial charge in [0.15, 0.2) is 0 Å². The van der Waals surface area contributed by atoms with Crippen LogP contribution in [0.1, 0.15) is 33.3 Å². The Labute approximate surface area is 285 Å². The topological polar surface area (TPSA) is 35.4 Å². The van der Waals surface area contributed by atoms with E-state index in [1.807, 2.05) is 18.2 Å². The van der Waals surface area contributed by atoms with Gasteiger partial charge in [-0.25, -0.2) is 0 Å². The molecule has 0 unspecified atom stereocenters. The molecule has 6 heteroatoms. The average Bonchev–Trinajstić information content (AvgIpc) is 3.43. The molecule has 0 amide bonds. The molecule has 0 radical (unpaired) electrons. The molecule has 6 aromatic rings. The average molecular weight is 592 g/mol. The summed E-state index contributed by atoms with van der Waals surface area (Å²) in [6.07, 6.45) is 0. The maximum Gasteiger partial charge on any atom is 0.494 e. The molecule has 218 valence electrons. The van der Waals surface area contributed by atoms with Crippen molar-refractivity contribution in [2.45, 2.75) is 45.8 Å². The number of para-hydroxylation sites is 4. The zero-order valence-electron chi connectivity index (χ0n) is 25.3. The molecule has 1 aliphatic heterocycles. The quantitative estimate of drug-likeness (QED) is 0.208. The van der Waals surface area contributed by atoms with E-state index in [0.717, 1.165) is 16.8 Å². The first-order chi connectivity index (χ1) is 20.2. The maximum absolute atomic E-state index is 6.16. The molecule has 1 fully saturated rings. The van der Waals surface area contributed by atoms with E-state index in [9.17, 15) is 0 Å². The Hall–Kier alpha value is -3.06. The van der Waals surface area contributed by atoms with Gasteiger partial charge in [-0.05, 0) is 94.2 Å². The van der Waals surface area contributed by atoms with Gasteiger partial charge in [-0.3, -0.25) is 0 Å². The molecular weight excluding hydrogens is 555 g/mol. The fourth-order valence-corrected chi connectivity index (χ4v) is 5.47. The van der Waals surface area contributed by atoms with Crippen LogP contribution in [0.25, 0.3) is 27.5 Å². The number of nitrogens with zero attached hydrogens (tertiary/aromatic N) is 1. The normalized spacial score (nSPS) is 15.0. The summed E-state index contributed by atoms with van der Waals surface area (Å²) in [5.74, 6) is 0. The molecule has 0 spiro atoms. The summed E-state index contributed by atoms with van der Waals surface area (Å²) in [6, 6.07) is 44.2. The van der Waals surface area contributed by atoms with Gasteiger partial charge in [0.2, 0.25) is 0 Å². The van der Waals surface area contributed by atoms with Gasteiger partial charge in [-0.1, -0.05) is 78.9 Å². The molecule has 0 atom stereocenters. The summed E-state index contributed by atoms with van der Waals surface area (Å²) >= 11 is 0. The number of aromatic nitrogens is 1. The van der Waals surface area contributed by atoms with Gasteiger partial charge in [-0.2, -0.15) is 0 Å². The van der Waals surface area contributed by atoms with Crippen LogP contribution in [-0.4, -0.2) is 22.9 Å². The third kappa shape index (κ3) is 6.57. The Morgan fingerprint density at radius 3 is 1.63 bits per heavy atom. The smallest absolute Gasteiger partial charge is 0.399 e. The minimum atomic E-state index is -0.337. The van der Waals surface area contributed by atoms with Gasteiger partial charge in [0.25, 0.3) is 0 Å². The molecule has 0 saturated carbocycles. The maximum atomic E-state index is 6.16. The van der Waals surface area contributed by atoms with Gasteiger partial charge in [0, 0.05) is 65.6 Å². The fraction of sp³-hybridized carbons (Fsp3) is 0.189. The van der Waals surface area contributed by atoms with Crippen LogP contribution >= 0.6 is 0 Å². The van der Waals surface area contributed by atoms with E-state index in [1.165, 1.54) is 33.1 Å². The summed E-state index contributed by atoms with van der Waals surface area (Å²) in [5, 5.41) is 6.05. The van der Waals surface area contributed by atoms with E-state index in [2.05, 4.69) is 154 Å². The number of aryl methyl sites for hydroxylation is 1. The van der Waals surface area contributed by atoms with Crippen molar-refractivity contribution >= 4 is 45.8 Å². The predicted octanol–water partition coefficient (Wildman–Crippen LogP) is 8.82. The Kier molecular flexibility index (Phi) is 9.41. The Balaban J connectivity index is 0.000000170. The minimum Gasteiger partial charge on any atom is -0.399 e. The molecule has 4 nitrogen and oxygen atoms in total. The van der Waals surface area contributed by atoms with Crippen molar-refractivity contribution in [3.8, 4) is 5.69 Å². The van der Waals surface area contributed by atoms with Gasteiger partial charge in [-0.15, -0.1) is 0 Å². The molecule has 1 aromatic heterocycles. The van der Waals surface area contributed by atoms with Crippen LogP contribution in [0.15, 0.2) is 127 Å². The van der Waals surface area contributed by atoms with E-state index in [4.69, 9.17) is 9.31 Å². The second-order valence-corrected chi connectivity index (χ2v) is 11.9. The van der Waals surface area contributed by atoms with Crippen molar-refractivity contribution in [1.82, 2.24) is 4.57 Å². The van der Waals surface area contributed by atoms with Crippen LogP contribution in [0.5, 0.6) is 0 Å². The third-order valence-corrected chi connectivity index (χ3v) is 8.28. The van der Waals surface area contributed by atoms with Crippen molar-refractivity contribution in [3.05, 3.63) is 133 Å². The SMILES string of the molecule is Cc1cc(Nc2ccccc2)cc(B2OC(C)(C)C(C)(C)O2)c1.[Ar].c1ccc(-n2c3ccccc3c3ccccc32)cc1. The number of benzene rings is 5. The Morgan fingerprint density at radius 1 is 0.581 bits per heavy atom. The zero-order valence-corrected chi connectivity index (χ0v) is 26.0. The third-order valence-electron chi connectivity index (χ3n) is 8.28. The van der Waals surface area contributed by atoms with E-state index in [1.54, 1.807) is 0 Å². The van der Waals surface area contributed by atoms with E-state index >= 15 is 0 Å². The van der Waals surface area contributed by atoms with Gasteiger partial charge >= 0.3 is 7.12 Å². The molecule has 2 heterocycles. The summed E-state index contributed by atoms with van der Waals surface area (Å²) < 4.78 is 14.6. The van der Waals surface area contributed by atoms with Crippen molar-refractivity contribution in [2.24, 2.45) is 0 Å². The summed E-state index contributed by atoms with van der Waals surface area (Å²) in [7, 11) is -0.337. The van der Waals surface area contributed by atoms with Gasteiger partial charge < -0.3 is 19.2 Å². The van der Waals surface area contributed by atoms with Crippen molar-refractivity contribution in [1.29, 1.82) is 0 Å². The number of nitrogens with one attached hydrogen (secondary N) is 1. The summed E-state index contributed by atoms with van der Waals surface area (Å²) in [6.45, 7) is 10.4. The monoisotopic (exact) mass is 592 g/mol. The van der Waals surface area contributed by atoms with Crippen LogP contribution in [0, 0.1) is 44.7 Å². The number of rotatable bonds is 4. The molecule has 1 saturated heterocycles. The largest absolute Gasteiger partial charge is 0.494 e. The van der Waals surface area contributed by atoms with Crippen LogP contribution in [0.4, 0.5) is 11.4 Å². The van der Waals surface area contributed by atoms with E-state index in [-0.39, 0.29) is 56.1 Å². The predicted molar refractivity (Wildman–Crippen MR) is 177 cm³/mol. The van der Waals surface area contributed by atoms with Crippen LogP contribution < -0.4 is 10.8 Å². The minimum absolute atomic E-state index is 0. The first kappa shape index (κ1) is 31.4. The second-order valence-electron chi connectivity index (χ2n) is 11.9. The van der Waals surface area contributed by atoms with Gasteiger partial charge in [0.1, 0.15) is 0 Å². The van der Waals surface area contributed by atoms with Crippen LogP contribution in [-0.2, 0) is 9.31 Å². The first-order valence-corrected chi connectivity index (χ1v) is 14.5. The van der Waals surface area contributed by atoms with Gasteiger partial charge in [0.05, 0.1) is 22.2 Å². The Bertz CT molecular complexity index is 1770. The van der Waals surface area contributed by atoms with E-state index in [0.29, 0.717) is 0 Å². The molecule has 7 rings (SSSR count). The fourth-order valence-electron chi connectivity index (χ4n) is 5.47. The molecule has 5 aromatic carbocycles. The molecule has 1 N–H and O–H groups in total. The standard InChI is InChI=1S/C19H24BNO2.C18H13N.Ar/c1-14-11-15(20-22-18(2,3)19(4,5)23-20)13-17(12-14)21-16-9-7-6-8-10-16;1-2-8-14(9-3-1)19-17-12-6-4-10-15(17)16-11-5-7-13-18(16)19;/h6-13,21H,1-5H3;1-13H;. The van der Waals surface area contributed by atoms with Crippen molar-refractivity contribution < 1.29 is 47.0 Å². The van der Waals surface area contributed by atoms with Crippen molar-refractivity contribution in [2.75, 3.05) is 5.32 Å². The first-order valence-electron chi connectivity index (χ1n) is 14.5. The molecule has 43 heavy (non-hydrogen) atoms. The summed E-state index contributed by atoms with van der Waals surface area (Å²) in [5.41, 5.74) is 7.41. The van der Waals surface area contributed by atoms with Crippen LogP contribution in [0.3, 0.4) is 0 Å². The molecular formula is C37H37ArBN2O2. The molecule has 0 bridgehead atoms. The second kappa shape index (κ2) is 12.9. The van der Waals surface area contributed by atoms with Crippen LogP contribution in [0.2, 0.25) is 0 Å². The van der Waals surface area contributed by atoms with Crippen molar-refractivity contribution in [3.63, 3.8) is 0 Å². The molecule has 0 aliphatic carbocycles. The number of hydrogen-bond donors (Lipinski definition) is 1. The number of fused-ring (bicyclic) bond motifs is 3. The number of hydrogen-bond acceptors (Lipinski definition) is 3. The van der Waals surface area contributed by atoms with E-state index < -0.39 is 0 Å². The zero-order chi connectivity index (χ0) is 29.3. The Morgan fingerprint density at radius 2 is 1.07 bits per heavy atom.